The van der Waals surface area contributed by atoms with E-state index in [4.69, 9.17) is 15.0 Å². The second-order valence-corrected chi connectivity index (χ2v) is 20.2. The molecule has 4 aliphatic rings. The fourth-order valence-corrected chi connectivity index (χ4v) is 13.9. The number of fused-ring (bicyclic) bond motifs is 18. The number of allylic oxidation sites excluding steroid dienone is 2. The zero-order valence-corrected chi connectivity index (χ0v) is 39.0. The summed E-state index contributed by atoms with van der Waals surface area (Å²) < 4.78 is 4.67. The molecule has 0 fully saturated rings. The zero-order valence-electron chi connectivity index (χ0n) is 38.2. The van der Waals surface area contributed by atoms with E-state index >= 15 is 0 Å². The van der Waals surface area contributed by atoms with Crippen LogP contribution in [0.15, 0.2) is 241 Å². The molecule has 7 heteroatoms. The summed E-state index contributed by atoms with van der Waals surface area (Å²) in [6.07, 6.45) is 15.1. The lowest BCUT2D eigenvalue weighted by Crippen LogP contribution is -2.32. The van der Waals surface area contributed by atoms with Gasteiger partial charge in [-0.2, -0.15) is 0 Å². The maximum atomic E-state index is 5.39. The average molecular weight is 925 g/mol. The van der Waals surface area contributed by atoms with Crippen LogP contribution in [0.2, 0.25) is 0 Å². The Morgan fingerprint density at radius 3 is 1.77 bits per heavy atom. The topological polar surface area (TPSA) is 51.8 Å². The van der Waals surface area contributed by atoms with Crippen molar-refractivity contribution in [2.45, 2.75) is 27.2 Å². The summed E-state index contributed by atoms with van der Waals surface area (Å²) in [4.78, 5) is 20.6. The van der Waals surface area contributed by atoms with E-state index in [-0.39, 0.29) is 12.0 Å². The zero-order chi connectivity index (χ0) is 46.4. The molecule has 7 heterocycles. The van der Waals surface area contributed by atoms with Gasteiger partial charge in [-0.05, 0) is 112 Å². The van der Waals surface area contributed by atoms with Gasteiger partial charge in [-0.3, -0.25) is 14.5 Å². The molecule has 0 radical (unpaired) electrons. The lowest BCUT2D eigenvalue weighted by Gasteiger charge is -2.39. The largest absolute Gasteiger partial charge is 0.332 e. The molecule has 12 aromatic rings. The number of aromatic nitrogens is 5. The first-order valence-electron chi connectivity index (χ1n) is 24.3. The monoisotopic (exact) mass is 924 g/mol. The number of anilines is 2. The molecule has 0 saturated carbocycles. The third-order valence-electron chi connectivity index (χ3n) is 15.6. The first-order chi connectivity index (χ1) is 35.2. The summed E-state index contributed by atoms with van der Waals surface area (Å²) in [5, 5.41) is 4.92. The van der Waals surface area contributed by atoms with Gasteiger partial charge in [0.25, 0.3) is 0 Å². The van der Waals surface area contributed by atoms with Gasteiger partial charge in [-0.25, -0.2) is 4.98 Å². The SMILES string of the molecule is C1=CC2c3cc(-c4ccc5c(c4)C4(c6ccccc6S5)c5cccnc5-c5ncc(-n6c7ccccc7c7ccccc76)cc54)ccc3N(c3ccc(-n4c5ccccc5c5ccccc54)nc3)C2C=C1. The predicted molar refractivity (Wildman–Crippen MR) is 289 cm³/mol. The summed E-state index contributed by atoms with van der Waals surface area (Å²) >= 11 is 1.86. The van der Waals surface area contributed by atoms with Crippen LogP contribution >= 0.6 is 11.8 Å². The lowest BCUT2D eigenvalue weighted by atomic mass is 9.67. The van der Waals surface area contributed by atoms with E-state index in [9.17, 15) is 0 Å². The van der Waals surface area contributed by atoms with Crippen molar-refractivity contribution in [1.82, 2.24) is 24.1 Å². The number of hydrogen-bond donors (Lipinski definition) is 0. The van der Waals surface area contributed by atoms with E-state index in [1.165, 1.54) is 64.8 Å². The van der Waals surface area contributed by atoms with Gasteiger partial charge in [-0.1, -0.05) is 145 Å². The first kappa shape index (κ1) is 39.1. The molecule has 3 atom stereocenters. The minimum Gasteiger partial charge on any atom is -0.332 e. The number of rotatable bonds is 4. The normalized spacial score (nSPS) is 18.0. The third-order valence-corrected chi connectivity index (χ3v) is 16.8. The number of para-hydroxylation sites is 4. The Morgan fingerprint density at radius 1 is 0.437 bits per heavy atom. The van der Waals surface area contributed by atoms with Gasteiger partial charge >= 0.3 is 0 Å². The van der Waals surface area contributed by atoms with E-state index in [1.807, 2.05) is 24.2 Å². The van der Waals surface area contributed by atoms with E-state index in [2.05, 4.69) is 233 Å². The Balaban J connectivity index is 0.846. The summed E-state index contributed by atoms with van der Waals surface area (Å²) in [5.74, 6) is 1.09. The Hall–Kier alpha value is -8.78. The summed E-state index contributed by atoms with van der Waals surface area (Å²) in [6, 6.07) is 69.1. The van der Waals surface area contributed by atoms with E-state index in [1.54, 1.807) is 0 Å². The Morgan fingerprint density at radius 2 is 1.04 bits per heavy atom. The maximum absolute atomic E-state index is 5.39. The average Bonchev–Trinajstić information content (AvgIpc) is 4.15. The van der Waals surface area contributed by atoms with Crippen molar-refractivity contribution >= 4 is 66.7 Å². The van der Waals surface area contributed by atoms with Crippen LogP contribution in [0.25, 0.3) is 77.6 Å². The molecule has 1 spiro atoms. The van der Waals surface area contributed by atoms with Crippen molar-refractivity contribution in [3.8, 4) is 34.0 Å². The highest BCUT2D eigenvalue weighted by molar-refractivity contribution is 7.99. The fraction of sp³-hybridized carbons (Fsp3) is 0.0469. The van der Waals surface area contributed by atoms with Crippen molar-refractivity contribution in [3.05, 3.63) is 259 Å². The van der Waals surface area contributed by atoms with Crippen LogP contribution in [0.4, 0.5) is 11.4 Å². The van der Waals surface area contributed by atoms with Crippen molar-refractivity contribution in [2.24, 2.45) is 0 Å². The van der Waals surface area contributed by atoms with Crippen LogP contribution in [-0.2, 0) is 5.41 Å². The Kier molecular flexibility index (Phi) is 8.05. The van der Waals surface area contributed by atoms with Gasteiger partial charge in [0, 0.05) is 54.7 Å². The summed E-state index contributed by atoms with van der Waals surface area (Å²) in [5.41, 5.74) is 17.7. The molecule has 16 rings (SSSR count). The van der Waals surface area contributed by atoms with Gasteiger partial charge in [0.1, 0.15) is 5.82 Å². The number of benzene rings is 7. The maximum Gasteiger partial charge on any atom is 0.137 e. The molecule has 2 aliphatic carbocycles. The van der Waals surface area contributed by atoms with Crippen molar-refractivity contribution in [3.63, 3.8) is 0 Å². The van der Waals surface area contributed by atoms with Gasteiger partial charge in [0.2, 0.25) is 0 Å². The smallest absolute Gasteiger partial charge is 0.137 e. The van der Waals surface area contributed by atoms with Crippen LogP contribution in [0.1, 0.15) is 33.7 Å². The van der Waals surface area contributed by atoms with Gasteiger partial charge in [0.15, 0.2) is 0 Å². The Labute approximate surface area is 413 Å². The molecular weight excluding hydrogens is 885 g/mol. The van der Waals surface area contributed by atoms with Crippen LogP contribution in [0.5, 0.6) is 0 Å². The highest BCUT2D eigenvalue weighted by Gasteiger charge is 2.52. The van der Waals surface area contributed by atoms with E-state index in [0.717, 1.165) is 61.8 Å². The minimum absolute atomic E-state index is 0.126. The lowest BCUT2D eigenvalue weighted by molar-refractivity contribution is 0.719. The number of hydrogen-bond acceptors (Lipinski definition) is 5. The Bertz CT molecular complexity index is 4210. The molecule has 7 aromatic carbocycles. The van der Waals surface area contributed by atoms with Crippen LogP contribution in [0.3, 0.4) is 0 Å². The van der Waals surface area contributed by atoms with Crippen molar-refractivity contribution < 1.29 is 0 Å². The first-order valence-corrected chi connectivity index (χ1v) is 25.1. The molecule has 0 N–H and O–H groups in total. The summed E-state index contributed by atoms with van der Waals surface area (Å²) in [6.45, 7) is 0. The van der Waals surface area contributed by atoms with Gasteiger partial charge in [0.05, 0.1) is 68.7 Å². The quantitative estimate of drug-likeness (QED) is 0.176. The second-order valence-electron chi connectivity index (χ2n) is 19.1. The van der Waals surface area contributed by atoms with Crippen LogP contribution in [0, 0.1) is 0 Å². The van der Waals surface area contributed by atoms with Gasteiger partial charge < -0.3 is 9.47 Å². The molecule has 71 heavy (non-hydrogen) atoms. The fourth-order valence-electron chi connectivity index (χ4n) is 12.7. The summed E-state index contributed by atoms with van der Waals surface area (Å²) in [7, 11) is 0. The highest BCUT2D eigenvalue weighted by atomic mass is 32.2. The number of pyridine rings is 3. The van der Waals surface area contributed by atoms with E-state index < -0.39 is 5.41 Å². The van der Waals surface area contributed by atoms with Gasteiger partial charge in [-0.15, -0.1) is 0 Å². The molecule has 0 saturated heterocycles. The van der Waals surface area contributed by atoms with E-state index in [0.29, 0.717) is 0 Å². The molecule has 2 aliphatic heterocycles. The predicted octanol–water partition coefficient (Wildman–Crippen LogP) is 15.3. The molecule has 5 aromatic heterocycles. The van der Waals surface area contributed by atoms with Crippen LogP contribution < -0.4 is 4.90 Å². The standard InChI is InChI=1S/C64H40N6S/c1-7-21-53-43(14-1)44-15-2-8-22-54(44)69(53)42-36-52-63(67-38-42)62-50(20-13-33-65-62)64(52)49-19-6-12-26-59(49)71-60-31-28-40(35-51(60)64)39-27-30-58-48(34-39)47-18-5-9-23-55(47)68(58)41-29-32-61(66-37-41)70-56-24-10-3-16-45(56)46-17-4-11-25-57(46)70/h1-38,47,55H. The highest BCUT2D eigenvalue weighted by Crippen LogP contribution is 2.62. The third kappa shape index (κ3) is 5.30. The number of nitrogens with zero attached hydrogens (tertiary/aromatic N) is 6. The minimum atomic E-state index is -0.665. The molecule has 0 amide bonds. The molecule has 332 valence electrons. The molecule has 6 nitrogen and oxygen atoms in total. The molecular formula is C64H40N6S. The van der Waals surface area contributed by atoms with Crippen molar-refractivity contribution in [1.29, 1.82) is 0 Å². The van der Waals surface area contributed by atoms with Crippen LogP contribution in [-0.4, -0.2) is 30.1 Å². The molecule has 3 unspecified atom stereocenters. The van der Waals surface area contributed by atoms with Crippen molar-refractivity contribution in [2.75, 3.05) is 4.90 Å². The second kappa shape index (κ2) is 14.6. The molecule has 0 bridgehead atoms.